The maximum atomic E-state index is 4.56. The molecular formula is C36H27IrN3S3. The quantitative estimate of drug-likeness (QED) is 0.154. The molecule has 0 atom stereocenters. The number of hydrogen-bond donors (Lipinski definition) is 0. The summed E-state index contributed by atoms with van der Waals surface area (Å²) in [5, 5.41) is 11.0. The second-order valence-corrected chi connectivity index (χ2v) is 13.8. The molecule has 0 unspecified atom stereocenters. The van der Waals surface area contributed by atoms with Crippen molar-refractivity contribution < 1.29 is 20.1 Å². The van der Waals surface area contributed by atoms with Gasteiger partial charge in [-0.05, 0) is 55.1 Å². The Labute approximate surface area is 275 Å². The molecule has 0 spiro atoms. The molecule has 0 aliphatic rings. The van der Waals surface area contributed by atoms with E-state index in [1.807, 2.05) is 0 Å². The van der Waals surface area contributed by atoms with Gasteiger partial charge in [-0.2, -0.15) is 0 Å². The number of aryl methyl sites for hydroxylation is 3. The molecule has 9 rings (SSSR count). The van der Waals surface area contributed by atoms with E-state index in [-0.39, 0.29) is 20.1 Å². The van der Waals surface area contributed by atoms with Crippen LogP contribution in [0.15, 0.2) is 109 Å². The third-order valence-electron chi connectivity index (χ3n) is 7.17. The van der Waals surface area contributed by atoms with Crippen LogP contribution in [0, 0.1) is 20.8 Å². The molecule has 0 fully saturated rings. The number of fused-ring (bicyclic) bond motifs is 9. The maximum absolute atomic E-state index is 4.56. The zero-order valence-corrected chi connectivity index (χ0v) is 28.6. The van der Waals surface area contributed by atoms with E-state index in [0.29, 0.717) is 0 Å². The molecule has 3 heterocycles. The summed E-state index contributed by atoms with van der Waals surface area (Å²) in [6, 6.07) is 38.1. The van der Waals surface area contributed by atoms with Crippen molar-refractivity contribution in [1.29, 1.82) is 0 Å². The fourth-order valence-electron chi connectivity index (χ4n) is 5.32. The third kappa shape index (κ3) is 5.97. The minimum atomic E-state index is 0. The van der Waals surface area contributed by atoms with Crippen molar-refractivity contribution >= 4 is 97.0 Å². The fourth-order valence-corrected chi connectivity index (χ4v) is 7.85. The van der Waals surface area contributed by atoms with E-state index in [2.05, 4.69) is 145 Å². The molecule has 0 aliphatic carbocycles. The monoisotopic (exact) mass is 790 g/mol. The van der Waals surface area contributed by atoms with Gasteiger partial charge in [0.05, 0.1) is 45.7 Å². The zero-order chi connectivity index (χ0) is 28.6. The Hall–Kier alpha value is -3.58. The fraction of sp³-hybridized carbons (Fsp3) is 0.0833. The van der Waals surface area contributed by atoms with Crippen LogP contribution in [0.2, 0.25) is 0 Å². The first-order chi connectivity index (χ1) is 20.5. The number of aromatic nitrogens is 3. The summed E-state index contributed by atoms with van der Waals surface area (Å²) in [7, 11) is 0. The standard InChI is InChI=1S/3C12H9NS.Ir/c3*1-8-13-12-10-5-3-2-4-9(10)6-7-11(12)14-8;/h3*2-7H,1H3;. The molecule has 1 radical (unpaired) electrons. The summed E-state index contributed by atoms with van der Waals surface area (Å²) < 4.78 is 3.84. The predicted molar refractivity (Wildman–Crippen MR) is 186 cm³/mol. The maximum Gasteiger partial charge on any atom is 0.0908 e. The average molecular weight is 790 g/mol. The van der Waals surface area contributed by atoms with E-state index in [1.165, 1.54) is 46.4 Å². The van der Waals surface area contributed by atoms with Crippen LogP contribution in [0.3, 0.4) is 0 Å². The number of benzene rings is 6. The van der Waals surface area contributed by atoms with Crippen molar-refractivity contribution in [1.82, 2.24) is 15.0 Å². The minimum Gasteiger partial charge on any atom is -0.241 e. The summed E-state index contributed by atoms with van der Waals surface area (Å²) in [6.07, 6.45) is 0. The van der Waals surface area contributed by atoms with Gasteiger partial charge < -0.3 is 0 Å². The van der Waals surface area contributed by atoms with E-state index >= 15 is 0 Å². The first-order valence-corrected chi connectivity index (χ1v) is 16.2. The molecule has 213 valence electrons. The van der Waals surface area contributed by atoms with Gasteiger partial charge in [0.2, 0.25) is 0 Å². The van der Waals surface area contributed by atoms with E-state index in [4.69, 9.17) is 0 Å². The first-order valence-electron chi connectivity index (χ1n) is 13.8. The SMILES string of the molecule is Cc1nc2c(ccc3ccccc32)s1.Cc1nc2c(ccc3ccccc32)s1.Cc1nc2c(ccc3ccccc32)s1.[Ir]. The Morgan fingerprint density at radius 3 is 0.953 bits per heavy atom. The van der Waals surface area contributed by atoms with Crippen molar-refractivity contribution in [2.75, 3.05) is 0 Å². The largest absolute Gasteiger partial charge is 0.241 e. The van der Waals surface area contributed by atoms with Crippen LogP contribution in [-0.4, -0.2) is 15.0 Å². The van der Waals surface area contributed by atoms with Gasteiger partial charge in [0, 0.05) is 36.3 Å². The molecule has 7 heteroatoms. The molecule has 3 nitrogen and oxygen atoms in total. The molecule has 0 N–H and O–H groups in total. The van der Waals surface area contributed by atoms with Crippen molar-refractivity contribution in [2.24, 2.45) is 0 Å². The van der Waals surface area contributed by atoms with Crippen LogP contribution in [-0.2, 0) is 20.1 Å². The Balaban J connectivity index is 0.000000113. The van der Waals surface area contributed by atoms with Crippen LogP contribution >= 0.6 is 34.0 Å². The number of nitrogens with zero attached hydrogens (tertiary/aromatic N) is 3. The molecule has 0 amide bonds. The number of thiazole rings is 3. The smallest absolute Gasteiger partial charge is 0.0908 e. The van der Waals surface area contributed by atoms with Gasteiger partial charge in [-0.15, -0.1) is 34.0 Å². The second-order valence-electron chi connectivity index (χ2n) is 10.1. The van der Waals surface area contributed by atoms with E-state index in [1.54, 1.807) is 34.0 Å². The van der Waals surface area contributed by atoms with Crippen LogP contribution in [0.25, 0.3) is 63.0 Å². The minimum absolute atomic E-state index is 0. The molecule has 0 saturated carbocycles. The summed E-state index contributed by atoms with van der Waals surface area (Å²) in [5.74, 6) is 0. The van der Waals surface area contributed by atoms with Gasteiger partial charge in [0.25, 0.3) is 0 Å². The Bertz CT molecular complexity index is 2100. The van der Waals surface area contributed by atoms with E-state index < -0.39 is 0 Å². The normalized spacial score (nSPS) is 11.0. The first kappa shape index (κ1) is 29.5. The summed E-state index contributed by atoms with van der Waals surface area (Å²) >= 11 is 5.27. The van der Waals surface area contributed by atoms with Gasteiger partial charge >= 0.3 is 0 Å². The molecule has 0 saturated heterocycles. The third-order valence-corrected chi connectivity index (χ3v) is 9.98. The van der Waals surface area contributed by atoms with Crippen molar-refractivity contribution in [2.45, 2.75) is 20.8 Å². The zero-order valence-electron chi connectivity index (χ0n) is 23.8. The van der Waals surface area contributed by atoms with E-state index in [0.717, 1.165) is 31.6 Å². The summed E-state index contributed by atoms with van der Waals surface area (Å²) in [4.78, 5) is 13.7. The topological polar surface area (TPSA) is 38.7 Å². The van der Waals surface area contributed by atoms with Gasteiger partial charge in [0.15, 0.2) is 0 Å². The second kappa shape index (κ2) is 12.6. The van der Waals surface area contributed by atoms with Crippen LogP contribution in [0.1, 0.15) is 15.0 Å². The molecule has 6 aromatic carbocycles. The van der Waals surface area contributed by atoms with Gasteiger partial charge in [-0.1, -0.05) is 91.0 Å². The van der Waals surface area contributed by atoms with Crippen molar-refractivity contribution in [3.05, 3.63) is 124 Å². The predicted octanol–water partition coefficient (Wildman–Crippen LogP) is 11.3. The summed E-state index contributed by atoms with van der Waals surface area (Å²) in [5.41, 5.74) is 3.43. The number of rotatable bonds is 0. The molecule has 3 aromatic heterocycles. The Kier molecular flexibility index (Phi) is 8.62. The van der Waals surface area contributed by atoms with Crippen molar-refractivity contribution in [3.63, 3.8) is 0 Å². The van der Waals surface area contributed by atoms with Crippen LogP contribution < -0.4 is 0 Å². The van der Waals surface area contributed by atoms with Gasteiger partial charge in [-0.25, -0.2) is 15.0 Å². The molecular weight excluding hydrogens is 763 g/mol. The Morgan fingerprint density at radius 2 is 0.651 bits per heavy atom. The molecule has 9 aromatic rings. The molecule has 43 heavy (non-hydrogen) atoms. The van der Waals surface area contributed by atoms with Gasteiger partial charge in [-0.3, -0.25) is 0 Å². The van der Waals surface area contributed by atoms with Gasteiger partial charge in [0.1, 0.15) is 0 Å². The Morgan fingerprint density at radius 1 is 0.372 bits per heavy atom. The van der Waals surface area contributed by atoms with Crippen LogP contribution in [0.4, 0.5) is 0 Å². The van der Waals surface area contributed by atoms with Crippen LogP contribution in [0.5, 0.6) is 0 Å². The van der Waals surface area contributed by atoms with E-state index in [9.17, 15) is 0 Å². The van der Waals surface area contributed by atoms with Crippen molar-refractivity contribution in [3.8, 4) is 0 Å². The molecule has 0 aliphatic heterocycles. The molecule has 0 bridgehead atoms. The number of hydrogen-bond acceptors (Lipinski definition) is 6. The summed E-state index contributed by atoms with van der Waals surface area (Å²) in [6.45, 7) is 6.17. The average Bonchev–Trinajstić information content (AvgIpc) is 3.72.